The summed E-state index contributed by atoms with van der Waals surface area (Å²) in [6.45, 7) is 3.75. The van der Waals surface area contributed by atoms with Crippen LogP contribution in [0.15, 0.2) is 53.1 Å². The number of nitrogens with zero attached hydrogens (tertiary/aromatic N) is 2. The maximum atomic E-state index is 13.4. The molecule has 1 amide bonds. The van der Waals surface area contributed by atoms with Crippen molar-refractivity contribution in [1.29, 1.82) is 0 Å². The Bertz CT molecular complexity index is 1030. The van der Waals surface area contributed by atoms with E-state index in [2.05, 4.69) is 15.5 Å². The van der Waals surface area contributed by atoms with Gasteiger partial charge in [0.15, 0.2) is 0 Å². The number of amides is 1. The first-order valence-corrected chi connectivity index (χ1v) is 9.26. The van der Waals surface area contributed by atoms with Crippen molar-refractivity contribution < 1.29 is 26.9 Å². The average Bonchev–Trinajstić information content (AvgIpc) is 3.20. The van der Waals surface area contributed by atoms with Crippen molar-refractivity contribution in [3.8, 4) is 11.4 Å². The van der Waals surface area contributed by atoms with Crippen LogP contribution in [-0.4, -0.2) is 16.0 Å². The molecule has 0 spiro atoms. The molecule has 30 heavy (non-hydrogen) atoms. The van der Waals surface area contributed by atoms with Gasteiger partial charge in [0.05, 0.1) is 5.56 Å². The molecule has 3 rings (SSSR count). The van der Waals surface area contributed by atoms with E-state index in [1.54, 1.807) is 0 Å². The van der Waals surface area contributed by atoms with Crippen molar-refractivity contribution in [2.45, 2.75) is 32.5 Å². The first-order chi connectivity index (χ1) is 14.2. The Labute approximate surface area is 170 Å². The van der Waals surface area contributed by atoms with Gasteiger partial charge in [0, 0.05) is 11.1 Å². The van der Waals surface area contributed by atoms with Gasteiger partial charge in [-0.2, -0.15) is 18.2 Å². The Balaban J connectivity index is 1.88. The molecule has 3 aromatic rings. The molecule has 2 aromatic carbocycles. The van der Waals surface area contributed by atoms with Crippen molar-refractivity contribution in [2.24, 2.45) is 5.92 Å². The molecule has 1 N–H and O–H groups in total. The zero-order valence-corrected chi connectivity index (χ0v) is 16.2. The van der Waals surface area contributed by atoms with E-state index in [-0.39, 0.29) is 28.8 Å². The number of nitrogens with one attached hydrogen (secondary N) is 1. The van der Waals surface area contributed by atoms with Crippen LogP contribution in [0.25, 0.3) is 11.4 Å². The van der Waals surface area contributed by atoms with Crippen LogP contribution in [0.1, 0.15) is 48.1 Å². The van der Waals surface area contributed by atoms with E-state index in [9.17, 15) is 22.4 Å². The number of benzene rings is 2. The lowest BCUT2D eigenvalue weighted by molar-refractivity contribution is -0.137. The minimum absolute atomic E-state index is 0.0237. The van der Waals surface area contributed by atoms with Crippen molar-refractivity contribution >= 4 is 5.91 Å². The lowest BCUT2D eigenvalue weighted by Crippen LogP contribution is -2.32. The van der Waals surface area contributed by atoms with Crippen LogP contribution in [0.2, 0.25) is 0 Å². The molecule has 0 bridgehead atoms. The predicted molar refractivity (Wildman–Crippen MR) is 101 cm³/mol. The lowest BCUT2D eigenvalue weighted by atomic mass is 9.98. The summed E-state index contributed by atoms with van der Waals surface area (Å²) >= 11 is 0. The molecule has 158 valence electrons. The topological polar surface area (TPSA) is 68.0 Å². The Morgan fingerprint density at radius 2 is 1.90 bits per heavy atom. The fourth-order valence-corrected chi connectivity index (χ4v) is 2.85. The summed E-state index contributed by atoms with van der Waals surface area (Å²) in [5.74, 6) is -1.17. The second-order valence-electron chi connectivity index (χ2n) is 6.88. The monoisotopic (exact) mass is 421 g/mol. The molecule has 0 saturated carbocycles. The first-order valence-electron chi connectivity index (χ1n) is 9.26. The molecule has 5 nitrogen and oxygen atoms in total. The number of alkyl halides is 3. The van der Waals surface area contributed by atoms with E-state index in [1.807, 2.05) is 13.8 Å². The lowest BCUT2D eigenvalue weighted by Gasteiger charge is -2.20. The molecule has 0 aliphatic carbocycles. The van der Waals surface area contributed by atoms with Gasteiger partial charge in [0.2, 0.25) is 11.7 Å². The minimum atomic E-state index is -4.50. The summed E-state index contributed by atoms with van der Waals surface area (Å²) in [7, 11) is 0. The fraction of sp³-hybridized carbons (Fsp3) is 0.286. The van der Waals surface area contributed by atoms with Crippen LogP contribution in [0.3, 0.4) is 0 Å². The molecule has 1 heterocycles. The van der Waals surface area contributed by atoms with Gasteiger partial charge < -0.3 is 9.84 Å². The zero-order chi connectivity index (χ0) is 21.9. The Morgan fingerprint density at radius 3 is 2.57 bits per heavy atom. The molecule has 0 radical (unpaired) electrons. The largest absolute Gasteiger partial charge is 0.416 e. The van der Waals surface area contributed by atoms with Gasteiger partial charge >= 0.3 is 6.18 Å². The highest BCUT2D eigenvalue weighted by atomic mass is 19.4. The standard InChI is InChI=1S/C21H19F4N3O2/c1-3-12(2)17(26-19(29)14-7-5-9-16(22)11-14)20-27-18(28-30-20)13-6-4-8-15(10-13)21(23,24)25/h4-12,17H,3H2,1-2H3,(H,26,29)/t12-,17+/m1/s1. The van der Waals surface area contributed by atoms with Gasteiger partial charge in [-0.15, -0.1) is 0 Å². The summed E-state index contributed by atoms with van der Waals surface area (Å²) < 4.78 is 57.6. The van der Waals surface area contributed by atoms with Crippen LogP contribution >= 0.6 is 0 Å². The third kappa shape index (κ3) is 4.84. The Morgan fingerprint density at radius 1 is 1.17 bits per heavy atom. The summed E-state index contributed by atoms with van der Waals surface area (Å²) in [6.07, 6.45) is -3.85. The van der Waals surface area contributed by atoms with E-state index in [4.69, 9.17) is 4.52 Å². The number of halogens is 4. The van der Waals surface area contributed by atoms with Crippen LogP contribution in [0.5, 0.6) is 0 Å². The van der Waals surface area contributed by atoms with Crippen LogP contribution in [-0.2, 0) is 6.18 Å². The van der Waals surface area contributed by atoms with E-state index in [1.165, 1.54) is 30.3 Å². The highest BCUT2D eigenvalue weighted by Crippen LogP contribution is 2.32. The van der Waals surface area contributed by atoms with Crippen molar-refractivity contribution in [1.82, 2.24) is 15.5 Å². The highest BCUT2D eigenvalue weighted by Gasteiger charge is 2.31. The molecule has 0 unspecified atom stereocenters. The molecule has 0 aliphatic rings. The van der Waals surface area contributed by atoms with Gasteiger partial charge in [-0.3, -0.25) is 4.79 Å². The predicted octanol–water partition coefficient (Wildman–Crippen LogP) is 5.41. The average molecular weight is 421 g/mol. The van der Waals surface area contributed by atoms with E-state index < -0.39 is 29.5 Å². The molecule has 0 aliphatic heterocycles. The minimum Gasteiger partial charge on any atom is -0.340 e. The molecule has 1 aromatic heterocycles. The number of rotatable bonds is 6. The third-order valence-electron chi connectivity index (χ3n) is 4.74. The summed E-state index contributed by atoms with van der Waals surface area (Å²) in [5.41, 5.74) is -0.565. The normalized spacial score (nSPS) is 13.7. The number of aromatic nitrogens is 2. The Kier molecular flexibility index (Phi) is 6.19. The molecule has 9 heteroatoms. The van der Waals surface area contributed by atoms with Crippen LogP contribution in [0.4, 0.5) is 17.6 Å². The number of hydrogen-bond donors (Lipinski definition) is 1. The van der Waals surface area contributed by atoms with Gasteiger partial charge in [0.1, 0.15) is 11.9 Å². The number of carbonyl (C=O) groups is 1. The van der Waals surface area contributed by atoms with Crippen molar-refractivity contribution in [2.75, 3.05) is 0 Å². The van der Waals surface area contributed by atoms with Crippen molar-refractivity contribution in [3.63, 3.8) is 0 Å². The van der Waals surface area contributed by atoms with Gasteiger partial charge in [0.25, 0.3) is 5.91 Å². The van der Waals surface area contributed by atoms with E-state index >= 15 is 0 Å². The first kappa shape index (κ1) is 21.5. The second kappa shape index (κ2) is 8.64. The zero-order valence-electron chi connectivity index (χ0n) is 16.2. The van der Waals surface area contributed by atoms with Crippen LogP contribution in [0, 0.1) is 11.7 Å². The van der Waals surface area contributed by atoms with E-state index in [0.29, 0.717) is 6.42 Å². The number of carbonyl (C=O) groups excluding carboxylic acids is 1. The molecular weight excluding hydrogens is 402 g/mol. The Hall–Kier alpha value is -3.23. The SMILES string of the molecule is CC[C@@H](C)[C@H](NC(=O)c1cccc(F)c1)c1nc(-c2cccc(C(F)(F)F)c2)no1. The van der Waals surface area contributed by atoms with Gasteiger partial charge in [-0.25, -0.2) is 4.39 Å². The maximum Gasteiger partial charge on any atom is 0.416 e. The summed E-state index contributed by atoms with van der Waals surface area (Å²) in [5, 5.41) is 6.52. The molecule has 2 atom stereocenters. The quantitative estimate of drug-likeness (QED) is 0.541. The second-order valence-corrected chi connectivity index (χ2v) is 6.88. The smallest absolute Gasteiger partial charge is 0.340 e. The number of hydrogen-bond acceptors (Lipinski definition) is 4. The van der Waals surface area contributed by atoms with Gasteiger partial charge in [-0.05, 0) is 36.2 Å². The summed E-state index contributed by atoms with van der Waals surface area (Å²) in [6, 6.07) is 9.09. The fourth-order valence-electron chi connectivity index (χ4n) is 2.85. The third-order valence-corrected chi connectivity index (χ3v) is 4.74. The van der Waals surface area contributed by atoms with Gasteiger partial charge in [-0.1, -0.05) is 43.6 Å². The van der Waals surface area contributed by atoms with Crippen molar-refractivity contribution in [3.05, 3.63) is 71.4 Å². The van der Waals surface area contributed by atoms with E-state index in [0.717, 1.165) is 18.2 Å². The summed E-state index contributed by atoms with van der Waals surface area (Å²) in [4.78, 5) is 16.7. The highest BCUT2D eigenvalue weighted by molar-refractivity contribution is 5.94. The van der Waals surface area contributed by atoms with Crippen LogP contribution < -0.4 is 5.32 Å². The molecule has 0 fully saturated rings. The molecule has 0 saturated heterocycles. The maximum absolute atomic E-state index is 13.4. The molecular formula is C21H19F4N3O2.